The zero-order chi connectivity index (χ0) is 24.4. The number of halogens is 1. The van der Waals surface area contributed by atoms with E-state index in [9.17, 15) is 4.79 Å². The summed E-state index contributed by atoms with van der Waals surface area (Å²) in [5, 5.41) is 0. The van der Waals surface area contributed by atoms with Crippen LogP contribution in [0.25, 0.3) is 0 Å². The Balaban J connectivity index is 1.51. The Labute approximate surface area is 213 Å². The number of carbonyl (C=O) groups is 1. The lowest BCUT2D eigenvalue weighted by Crippen LogP contribution is -2.33. The summed E-state index contributed by atoms with van der Waals surface area (Å²) in [4.78, 5) is 20.0. The van der Waals surface area contributed by atoms with Crippen LogP contribution < -0.4 is 14.4 Å². The van der Waals surface area contributed by atoms with Gasteiger partial charge in [0, 0.05) is 10.5 Å². The minimum absolute atomic E-state index is 0.0325. The summed E-state index contributed by atoms with van der Waals surface area (Å²) in [6.07, 6.45) is 0. The van der Waals surface area contributed by atoms with Crippen LogP contribution in [0, 0.1) is 0 Å². The minimum atomic E-state index is -0.682. The molecule has 176 valence electrons. The zero-order valence-corrected chi connectivity index (χ0v) is 21.2. The number of amides is 1. The smallest absolute Gasteiger partial charge is 0.242 e. The second-order valence-corrected chi connectivity index (χ2v) is 9.87. The third kappa shape index (κ3) is 4.66. The van der Waals surface area contributed by atoms with Crippen molar-refractivity contribution in [3.8, 4) is 11.8 Å². The lowest BCUT2D eigenvalue weighted by molar-refractivity contribution is -0.121. The van der Waals surface area contributed by atoms with E-state index in [-0.39, 0.29) is 5.91 Å². The second-order valence-electron chi connectivity index (χ2n) is 8.95. The predicted molar refractivity (Wildman–Crippen MR) is 140 cm³/mol. The fourth-order valence-corrected chi connectivity index (χ4v) is 4.54. The van der Waals surface area contributed by atoms with Gasteiger partial charge in [-0.2, -0.15) is 4.98 Å². The average Bonchev–Trinajstić information content (AvgIpc) is 3.07. The van der Waals surface area contributed by atoms with E-state index in [1.807, 2.05) is 98.8 Å². The summed E-state index contributed by atoms with van der Waals surface area (Å²) in [6, 6.07) is 29.3. The molecule has 0 N–H and O–H groups in total. The molecule has 5 rings (SSSR count). The highest BCUT2D eigenvalue weighted by Gasteiger charge is 2.45. The van der Waals surface area contributed by atoms with Crippen molar-refractivity contribution >= 4 is 33.2 Å². The highest BCUT2D eigenvalue weighted by Crippen LogP contribution is 2.48. The van der Waals surface area contributed by atoms with Crippen molar-refractivity contribution in [2.45, 2.75) is 32.5 Å². The molecular weight excluding hydrogens is 504 g/mol. The van der Waals surface area contributed by atoms with Crippen molar-refractivity contribution in [3.63, 3.8) is 0 Å². The van der Waals surface area contributed by atoms with E-state index in [2.05, 4.69) is 20.9 Å². The van der Waals surface area contributed by atoms with E-state index in [0.29, 0.717) is 30.7 Å². The maximum Gasteiger partial charge on any atom is 0.242 e. The zero-order valence-electron chi connectivity index (χ0n) is 19.6. The van der Waals surface area contributed by atoms with Crippen molar-refractivity contribution in [2.24, 2.45) is 0 Å². The fraction of sp³-hybridized carbons (Fsp3) is 0.172. The van der Waals surface area contributed by atoms with Crippen LogP contribution in [0.4, 0.5) is 11.4 Å². The molecule has 0 aliphatic carbocycles. The van der Waals surface area contributed by atoms with Crippen LogP contribution in [0.3, 0.4) is 0 Å². The van der Waals surface area contributed by atoms with Gasteiger partial charge in [0.15, 0.2) is 0 Å². The van der Waals surface area contributed by atoms with Crippen LogP contribution in [-0.4, -0.2) is 10.9 Å². The van der Waals surface area contributed by atoms with E-state index >= 15 is 0 Å². The summed E-state index contributed by atoms with van der Waals surface area (Å²) >= 11 is 3.54. The number of ether oxygens (including phenoxy) is 2. The summed E-state index contributed by atoms with van der Waals surface area (Å²) in [7, 11) is 0. The van der Waals surface area contributed by atoms with Crippen molar-refractivity contribution < 1.29 is 14.3 Å². The Kier molecular flexibility index (Phi) is 6.31. The van der Waals surface area contributed by atoms with Gasteiger partial charge in [0.2, 0.25) is 17.7 Å². The standard InChI is InChI=1S/C29H25BrN2O3/c1-29(2)23-17-22(30)13-14-24(23)32(28(29)33)25-15-16-26(34-18-20-9-5-3-6-10-20)31-27(25)35-19-21-11-7-4-8-12-21/h3-17H,18-19H2,1-2H3. The topological polar surface area (TPSA) is 51.7 Å². The molecule has 35 heavy (non-hydrogen) atoms. The maximum atomic E-state index is 13.6. The summed E-state index contributed by atoms with van der Waals surface area (Å²) in [5.41, 5.74) is 3.74. The largest absolute Gasteiger partial charge is 0.473 e. The highest BCUT2D eigenvalue weighted by molar-refractivity contribution is 9.10. The SMILES string of the molecule is CC1(C)C(=O)N(c2ccc(OCc3ccccc3)nc2OCc2ccccc2)c2ccc(Br)cc21. The van der Waals surface area contributed by atoms with Crippen molar-refractivity contribution in [3.05, 3.63) is 112 Å². The molecule has 1 aliphatic rings. The van der Waals surface area contributed by atoms with Crippen LogP contribution in [0.2, 0.25) is 0 Å². The van der Waals surface area contributed by atoms with Gasteiger partial charge in [0.05, 0.1) is 11.1 Å². The molecule has 0 unspecified atom stereocenters. The Morgan fingerprint density at radius 3 is 2.06 bits per heavy atom. The van der Waals surface area contributed by atoms with Crippen LogP contribution >= 0.6 is 15.9 Å². The average molecular weight is 529 g/mol. The first-order chi connectivity index (χ1) is 16.9. The molecule has 6 heteroatoms. The van der Waals surface area contributed by atoms with Gasteiger partial charge in [-0.05, 0) is 54.8 Å². The summed E-state index contributed by atoms with van der Waals surface area (Å²) in [6.45, 7) is 4.59. The molecule has 3 aromatic carbocycles. The van der Waals surface area contributed by atoms with Crippen LogP contribution in [0.15, 0.2) is 95.5 Å². The fourth-order valence-electron chi connectivity index (χ4n) is 4.18. The monoisotopic (exact) mass is 528 g/mol. The predicted octanol–water partition coefficient (Wildman–Crippen LogP) is 6.96. The third-order valence-corrected chi connectivity index (χ3v) is 6.61. The first-order valence-corrected chi connectivity index (χ1v) is 12.2. The number of pyridine rings is 1. The molecule has 0 radical (unpaired) electrons. The number of fused-ring (bicyclic) bond motifs is 1. The number of anilines is 2. The molecule has 0 fully saturated rings. The van der Waals surface area contributed by atoms with Gasteiger partial charge < -0.3 is 9.47 Å². The van der Waals surface area contributed by atoms with Gasteiger partial charge in [0.25, 0.3) is 0 Å². The van der Waals surface area contributed by atoms with Gasteiger partial charge in [0.1, 0.15) is 18.9 Å². The first-order valence-electron chi connectivity index (χ1n) is 11.4. The Bertz CT molecular complexity index is 1360. The normalized spacial score (nSPS) is 14.0. The number of hydrogen-bond acceptors (Lipinski definition) is 4. The van der Waals surface area contributed by atoms with Gasteiger partial charge in [-0.15, -0.1) is 0 Å². The molecule has 0 saturated heterocycles. The molecule has 2 heterocycles. The number of aromatic nitrogens is 1. The Hall–Kier alpha value is -3.64. The molecule has 0 bridgehead atoms. The quantitative estimate of drug-likeness (QED) is 0.260. The van der Waals surface area contributed by atoms with E-state index < -0.39 is 5.41 Å². The van der Waals surface area contributed by atoms with Crippen molar-refractivity contribution in [2.75, 3.05) is 4.90 Å². The van der Waals surface area contributed by atoms with Gasteiger partial charge in [-0.25, -0.2) is 0 Å². The number of hydrogen-bond donors (Lipinski definition) is 0. The molecule has 4 aromatic rings. The number of nitrogens with zero attached hydrogens (tertiary/aromatic N) is 2. The molecule has 1 amide bonds. The summed E-state index contributed by atoms with van der Waals surface area (Å²) in [5.74, 6) is 0.747. The van der Waals surface area contributed by atoms with E-state index in [4.69, 9.17) is 9.47 Å². The Morgan fingerprint density at radius 1 is 0.800 bits per heavy atom. The molecule has 0 atom stereocenters. The van der Waals surface area contributed by atoms with Crippen LogP contribution in [0.5, 0.6) is 11.8 Å². The molecule has 0 spiro atoms. The molecule has 5 nitrogen and oxygen atoms in total. The minimum Gasteiger partial charge on any atom is -0.473 e. The van der Waals surface area contributed by atoms with E-state index in [0.717, 1.165) is 26.9 Å². The lowest BCUT2D eigenvalue weighted by Gasteiger charge is -2.23. The number of benzene rings is 3. The van der Waals surface area contributed by atoms with Gasteiger partial charge >= 0.3 is 0 Å². The van der Waals surface area contributed by atoms with Crippen molar-refractivity contribution in [1.29, 1.82) is 0 Å². The third-order valence-electron chi connectivity index (χ3n) is 6.11. The molecule has 0 saturated carbocycles. The highest BCUT2D eigenvalue weighted by atomic mass is 79.9. The van der Waals surface area contributed by atoms with Crippen LogP contribution in [0.1, 0.15) is 30.5 Å². The first kappa shape index (κ1) is 23.1. The van der Waals surface area contributed by atoms with E-state index in [1.54, 1.807) is 11.0 Å². The van der Waals surface area contributed by atoms with Crippen molar-refractivity contribution in [1.82, 2.24) is 4.98 Å². The van der Waals surface area contributed by atoms with Crippen LogP contribution in [-0.2, 0) is 23.4 Å². The number of carbonyl (C=O) groups excluding carboxylic acids is 1. The second kappa shape index (κ2) is 9.55. The summed E-state index contributed by atoms with van der Waals surface area (Å²) < 4.78 is 13.1. The van der Waals surface area contributed by atoms with Gasteiger partial charge in [-0.3, -0.25) is 9.69 Å². The molecular formula is C29H25BrN2O3. The Morgan fingerprint density at radius 2 is 1.40 bits per heavy atom. The van der Waals surface area contributed by atoms with E-state index in [1.165, 1.54) is 0 Å². The number of rotatable bonds is 7. The molecule has 1 aromatic heterocycles. The lowest BCUT2D eigenvalue weighted by atomic mass is 9.86. The maximum absolute atomic E-state index is 13.6. The van der Waals surface area contributed by atoms with Gasteiger partial charge in [-0.1, -0.05) is 76.6 Å². The molecule has 1 aliphatic heterocycles.